The Morgan fingerprint density at radius 2 is 0.670 bits per heavy atom. The lowest BCUT2D eigenvalue weighted by atomic mass is 9.95. The first-order valence-corrected chi connectivity index (χ1v) is 32.3. The predicted octanol–water partition coefficient (Wildman–Crippen LogP) is 19.5. The zero-order valence-corrected chi connectivity index (χ0v) is 49.1. The van der Waals surface area contributed by atoms with E-state index in [4.69, 9.17) is 4.42 Å². The molecule has 0 spiro atoms. The van der Waals surface area contributed by atoms with E-state index in [0.29, 0.717) is 0 Å². The van der Waals surface area contributed by atoms with Crippen LogP contribution in [0.4, 0.5) is 0 Å². The van der Waals surface area contributed by atoms with Crippen molar-refractivity contribution in [2.24, 2.45) is 0 Å². The molecule has 17 aromatic rings. The minimum atomic E-state index is -3.33. The first-order valence-electron chi connectivity index (χ1n) is 30.3. The van der Waals surface area contributed by atoms with E-state index in [-0.39, 0.29) is 0 Å². The Kier molecular flexibility index (Phi) is 12.2. The van der Waals surface area contributed by atoms with Gasteiger partial charge in [-0.15, -0.1) is 0 Å². The summed E-state index contributed by atoms with van der Waals surface area (Å²) in [4.78, 5) is 0. The van der Waals surface area contributed by atoms with E-state index < -0.39 is 8.07 Å². The molecule has 4 heteroatoms. The van der Waals surface area contributed by atoms with E-state index in [1.54, 1.807) is 0 Å². The Morgan fingerprint density at radius 3 is 1.27 bits per heavy atom. The highest BCUT2D eigenvalue weighted by Crippen LogP contribution is 2.46. The predicted molar refractivity (Wildman–Crippen MR) is 373 cm³/mol. The molecule has 0 amide bonds. The fourth-order valence-electron chi connectivity index (χ4n) is 14.4. The van der Waals surface area contributed by atoms with Gasteiger partial charge in [0.25, 0.3) is 0 Å². The van der Waals surface area contributed by atoms with Crippen molar-refractivity contribution in [3.8, 4) is 67.0 Å². The topological polar surface area (TPSA) is 23.0 Å². The zero-order valence-electron chi connectivity index (χ0n) is 48.1. The molecule has 0 atom stereocenters. The second-order valence-electron chi connectivity index (χ2n) is 23.1. The standard InChI is InChI=1S/C84H56N2OSi/c1-6-26-57(27-7-1)61-34-22-38-65(52-61)88(64-36-14-5-15-37-64,66-39-23-35-62(53-66)58-28-8-2-9-29-58)67-55-75(59-30-10-3-11-31-59)83(76(56-67)60-32-12-4-13-33-60)86-79-48-20-17-41-69(79)77-54-63(50-51-80(77)86)85-78-47-19-16-40-68(78)71-43-24-44-72(82(71)85)74-46-25-45-73-70-42-18-21-49-81(70)87-84(73)74/h1-56H. The van der Waals surface area contributed by atoms with Crippen molar-refractivity contribution in [3.63, 3.8) is 0 Å². The van der Waals surface area contributed by atoms with Crippen LogP contribution in [-0.4, -0.2) is 17.2 Å². The second kappa shape index (κ2) is 21.0. The number of benzene rings is 14. The molecule has 412 valence electrons. The summed E-state index contributed by atoms with van der Waals surface area (Å²) in [6.45, 7) is 0. The van der Waals surface area contributed by atoms with Gasteiger partial charge in [-0.2, -0.15) is 0 Å². The monoisotopic (exact) mass is 1140 g/mol. The van der Waals surface area contributed by atoms with Gasteiger partial charge in [-0.3, -0.25) is 0 Å². The molecule has 0 bridgehead atoms. The van der Waals surface area contributed by atoms with Gasteiger partial charge in [-0.25, -0.2) is 0 Å². The van der Waals surface area contributed by atoms with Gasteiger partial charge in [0.1, 0.15) is 11.2 Å². The second-order valence-corrected chi connectivity index (χ2v) is 26.9. The third-order valence-electron chi connectivity index (χ3n) is 18.3. The number of fused-ring (bicyclic) bond motifs is 9. The fraction of sp³-hybridized carbons (Fsp3) is 0. The van der Waals surface area contributed by atoms with Crippen LogP contribution in [0.25, 0.3) is 133 Å². The molecule has 3 nitrogen and oxygen atoms in total. The van der Waals surface area contributed by atoms with E-state index in [1.165, 1.54) is 64.5 Å². The first kappa shape index (κ1) is 51.1. The summed E-state index contributed by atoms with van der Waals surface area (Å²) in [5.41, 5.74) is 20.1. The maximum atomic E-state index is 6.77. The minimum absolute atomic E-state index is 0.889. The summed E-state index contributed by atoms with van der Waals surface area (Å²) >= 11 is 0. The summed E-state index contributed by atoms with van der Waals surface area (Å²) in [6.07, 6.45) is 0. The Bertz CT molecular complexity index is 5350. The molecule has 14 aromatic carbocycles. The molecule has 0 unspecified atom stereocenters. The van der Waals surface area contributed by atoms with Crippen molar-refractivity contribution in [2.45, 2.75) is 0 Å². The number of hydrogen-bond acceptors (Lipinski definition) is 1. The van der Waals surface area contributed by atoms with Crippen molar-refractivity contribution >= 4 is 94.4 Å². The quantitative estimate of drug-likeness (QED) is 0.0935. The molecule has 0 aliphatic rings. The van der Waals surface area contributed by atoms with E-state index >= 15 is 0 Å². The van der Waals surface area contributed by atoms with Gasteiger partial charge < -0.3 is 13.6 Å². The van der Waals surface area contributed by atoms with Gasteiger partial charge >= 0.3 is 0 Å². The average molecular weight is 1140 g/mol. The highest BCUT2D eigenvalue weighted by Gasteiger charge is 2.43. The lowest BCUT2D eigenvalue weighted by Gasteiger charge is -2.36. The van der Waals surface area contributed by atoms with Gasteiger partial charge in [-0.05, 0) is 90.5 Å². The maximum Gasteiger partial charge on any atom is 0.179 e. The summed E-state index contributed by atoms with van der Waals surface area (Å²) in [6, 6.07) is 126. The highest BCUT2D eigenvalue weighted by atomic mass is 28.3. The molecule has 0 radical (unpaired) electrons. The summed E-state index contributed by atoms with van der Waals surface area (Å²) in [5.74, 6) is 0. The lowest BCUT2D eigenvalue weighted by molar-refractivity contribution is 0.670. The number of rotatable bonds is 11. The average Bonchev–Trinajstić information content (AvgIpc) is 1.27. The Balaban J connectivity index is 0.964. The van der Waals surface area contributed by atoms with Crippen molar-refractivity contribution in [2.75, 3.05) is 0 Å². The third kappa shape index (κ3) is 8.18. The highest BCUT2D eigenvalue weighted by molar-refractivity contribution is 7.20. The van der Waals surface area contributed by atoms with Gasteiger partial charge in [0.15, 0.2) is 8.07 Å². The van der Waals surface area contributed by atoms with Gasteiger partial charge in [-0.1, -0.05) is 303 Å². The molecular formula is C84H56N2OSi. The van der Waals surface area contributed by atoms with Gasteiger partial charge in [0.05, 0.1) is 27.8 Å². The molecule has 0 aliphatic heterocycles. The molecule has 3 heterocycles. The Labute approximate surface area is 511 Å². The van der Waals surface area contributed by atoms with Crippen molar-refractivity contribution in [1.29, 1.82) is 0 Å². The van der Waals surface area contributed by atoms with Crippen LogP contribution in [0.5, 0.6) is 0 Å². The SMILES string of the molecule is c1ccc(-c2cccc([Si](c3ccccc3)(c3cccc(-c4ccccc4)c3)c3cc(-c4ccccc4)c(-n4c5ccccc5c5cc(-n6c7ccccc7c7cccc(-c8cccc9c8oc8ccccc89)c76)ccc54)c(-c4ccccc4)c3)c2)cc1. The Morgan fingerprint density at radius 1 is 0.239 bits per heavy atom. The van der Waals surface area contributed by atoms with Crippen LogP contribution in [0, 0.1) is 0 Å². The molecule has 0 saturated carbocycles. The molecule has 0 fully saturated rings. The van der Waals surface area contributed by atoms with E-state index in [1.807, 2.05) is 0 Å². The number of para-hydroxylation sites is 5. The smallest absolute Gasteiger partial charge is 0.179 e. The molecule has 88 heavy (non-hydrogen) atoms. The van der Waals surface area contributed by atoms with E-state index in [9.17, 15) is 0 Å². The third-order valence-corrected chi connectivity index (χ3v) is 23.0. The van der Waals surface area contributed by atoms with Crippen LogP contribution in [-0.2, 0) is 0 Å². The van der Waals surface area contributed by atoms with Crippen LogP contribution in [0.2, 0.25) is 0 Å². The molecule has 17 rings (SSSR count). The molecule has 0 saturated heterocycles. The Hall–Kier alpha value is -11.3. The summed E-state index contributed by atoms with van der Waals surface area (Å²) in [7, 11) is -3.33. The number of nitrogens with zero attached hydrogens (tertiary/aromatic N) is 2. The number of furan rings is 1. The zero-order chi connectivity index (χ0) is 58.1. The molecule has 0 aliphatic carbocycles. The molecule has 3 aromatic heterocycles. The maximum absolute atomic E-state index is 6.77. The molecular weight excluding hydrogens is 1080 g/mol. The number of hydrogen-bond donors (Lipinski definition) is 0. The van der Waals surface area contributed by atoms with Gasteiger partial charge in [0, 0.05) is 60.3 Å². The van der Waals surface area contributed by atoms with Crippen LogP contribution >= 0.6 is 0 Å². The van der Waals surface area contributed by atoms with Crippen molar-refractivity contribution < 1.29 is 4.42 Å². The molecule has 0 N–H and O–H groups in total. The number of aromatic nitrogens is 2. The summed E-state index contributed by atoms with van der Waals surface area (Å²) in [5, 5.41) is 12.2. The lowest BCUT2D eigenvalue weighted by Crippen LogP contribution is -2.74. The van der Waals surface area contributed by atoms with E-state index in [2.05, 4.69) is 349 Å². The van der Waals surface area contributed by atoms with Crippen molar-refractivity contribution in [3.05, 3.63) is 340 Å². The van der Waals surface area contributed by atoms with Gasteiger partial charge in [0.2, 0.25) is 0 Å². The first-order chi connectivity index (χ1) is 43.7. The van der Waals surface area contributed by atoms with Crippen LogP contribution in [0.3, 0.4) is 0 Å². The van der Waals surface area contributed by atoms with Crippen molar-refractivity contribution in [1.82, 2.24) is 9.13 Å². The normalized spacial score (nSPS) is 11.9. The van der Waals surface area contributed by atoms with Crippen LogP contribution in [0.1, 0.15) is 0 Å². The fourth-order valence-corrected chi connectivity index (χ4v) is 19.2. The van der Waals surface area contributed by atoms with Crippen LogP contribution < -0.4 is 20.7 Å². The summed E-state index contributed by atoms with van der Waals surface area (Å²) < 4.78 is 11.8. The minimum Gasteiger partial charge on any atom is -0.455 e. The largest absolute Gasteiger partial charge is 0.455 e. The van der Waals surface area contributed by atoms with E-state index in [0.717, 1.165) is 88.8 Å². The van der Waals surface area contributed by atoms with Crippen LogP contribution in [0.15, 0.2) is 344 Å².